The first kappa shape index (κ1) is 18.8. The van der Waals surface area contributed by atoms with Gasteiger partial charge < -0.3 is 15.5 Å². The third kappa shape index (κ3) is 4.08. The number of fused-ring (bicyclic) bond motifs is 1. The van der Waals surface area contributed by atoms with Crippen molar-refractivity contribution in [2.45, 2.75) is 12.7 Å². The molecule has 1 aromatic heterocycles. The molecular formula is C16H13F3N4O3S. The third-order valence-electron chi connectivity index (χ3n) is 3.76. The number of benzene rings is 1. The van der Waals surface area contributed by atoms with E-state index in [1.165, 1.54) is 30.1 Å². The number of carbonyl (C=O) groups excluding carboxylic acids is 3. The highest BCUT2D eigenvalue weighted by Gasteiger charge is 2.34. The van der Waals surface area contributed by atoms with Crippen molar-refractivity contribution in [2.24, 2.45) is 0 Å². The van der Waals surface area contributed by atoms with Crippen molar-refractivity contribution >= 4 is 34.7 Å². The van der Waals surface area contributed by atoms with Gasteiger partial charge >= 0.3 is 6.18 Å². The molecule has 7 nitrogen and oxygen atoms in total. The molecule has 2 heterocycles. The van der Waals surface area contributed by atoms with E-state index in [0.717, 1.165) is 16.7 Å². The second-order valence-electron chi connectivity index (χ2n) is 5.78. The maximum atomic E-state index is 12.6. The highest BCUT2D eigenvalue weighted by Crippen LogP contribution is 2.30. The number of hydrogen-bond donors (Lipinski definition) is 2. The molecule has 1 aromatic carbocycles. The lowest BCUT2D eigenvalue weighted by Gasteiger charge is -2.17. The van der Waals surface area contributed by atoms with Gasteiger partial charge in [0.1, 0.15) is 5.01 Å². The van der Waals surface area contributed by atoms with E-state index in [1.807, 2.05) is 0 Å². The van der Waals surface area contributed by atoms with Gasteiger partial charge in [-0.2, -0.15) is 13.2 Å². The fourth-order valence-electron chi connectivity index (χ4n) is 2.44. The molecule has 3 rings (SSSR count). The summed E-state index contributed by atoms with van der Waals surface area (Å²) >= 11 is 0.809. The van der Waals surface area contributed by atoms with Crippen LogP contribution in [0.3, 0.4) is 0 Å². The highest BCUT2D eigenvalue weighted by atomic mass is 32.1. The van der Waals surface area contributed by atoms with Gasteiger partial charge in [0.25, 0.3) is 11.8 Å². The minimum atomic E-state index is -4.53. The molecule has 27 heavy (non-hydrogen) atoms. The number of anilines is 1. The van der Waals surface area contributed by atoms with Gasteiger partial charge in [-0.3, -0.25) is 14.4 Å². The molecule has 2 aromatic rings. The van der Waals surface area contributed by atoms with Gasteiger partial charge in [0, 0.05) is 18.0 Å². The quantitative estimate of drug-likeness (QED) is 0.829. The lowest BCUT2D eigenvalue weighted by atomic mass is 10.1. The summed E-state index contributed by atoms with van der Waals surface area (Å²) in [6, 6.07) is 4.18. The summed E-state index contributed by atoms with van der Waals surface area (Å²) in [4.78, 5) is 40.8. The van der Waals surface area contributed by atoms with E-state index in [-0.39, 0.29) is 34.9 Å². The van der Waals surface area contributed by atoms with Gasteiger partial charge in [0.15, 0.2) is 5.69 Å². The third-order valence-corrected chi connectivity index (χ3v) is 4.59. The summed E-state index contributed by atoms with van der Waals surface area (Å²) in [6.45, 7) is -0.286. The Morgan fingerprint density at radius 2 is 2.07 bits per heavy atom. The molecule has 0 radical (unpaired) electrons. The van der Waals surface area contributed by atoms with Crippen LogP contribution in [0.25, 0.3) is 0 Å². The molecule has 2 N–H and O–H groups in total. The number of nitrogens with zero attached hydrogens (tertiary/aromatic N) is 2. The molecule has 11 heteroatoms. The monoisotopic (exact) mass is 398 g/mol. The van der Waals surface area contributed by atoms with E-state index >= 15 is 0 Å². The number of carbonyl (C=O) groups is 3. The molecule has 0 saturated heterocycles. The number of nitrogens with one attached hydrogen (secondary N) is 2. The summed E-state index contributed by atoms with van der Waals surface area (Å²) in [5.74, 6) is -1.36. The Hall–Kier alpha value is -2.95. The maximum Gasteiger partial charge on any atom is 0.434 e. The van der Waals surface area contributed by atoms with Crippen LogP contribution in [-0.4, -0.2) is 41.2 Å². The van der Waals surface area contributed by atoms with Gasteiger partial charge in [0.05, 0.1) is 24.3 Å². The smallest absolute Gasteiger partial charge is 0.343 e. The van der Waals surface area contributed by atoms with E-state index in [0.29, 0.717) is 0 Å². The van der Waals surface area contributed by atoms with Gasteiger partial charge in [-0.1, -0.05) is 0 Å². The van der Waals surface area contributed by atoms with Gasteiger partial charge in [-0.25, -0.2) is 4.98 Å². The van der Waals surface area contributed by atoms with Crippen molar-refractivity contribution in [3.63, 3.8) is 0 Å². The van der Waals surface area contributed by atoms with Crippen molar-refractivity contribution in [3.05, 3.63) is 45.4 Å². The predicted molar refractivity (Wildman–Crippen MR) is 90.3 cm³/mol. The standard InChI is InChI=1S/C16H13F3N4O3S/c1-23(6-13-22-11(7-27-13)16(17,18)19)15(26)8-2-3-9-10(4-8)21-12(24)5-20-14(9)25/h2-4,7H,5-6H2,1H3,(H,20,25)(H,21,24). The maximum absolute atomic E-state index is 12.6. The van der Waals surface area contributed by atoms with Crippen LogP contribution in [0.5, 0.6) is 0 Å². The molecule has 0 spiro atoms. The Labute approximate surface area is 155 Å². The summed E-state index contributed by atoms with van der Waals surface area (Å²) < 4.78 is 37.8. The molecule has 0 bridgehead atoms. The highest BCUT2D eigenvalue weighted by molar-refractivity contribution is 7.09. The summed E-state index contributed by atoms with van der Waals surface area (Å²) in [5, 5.41) is 5.98. The van der Waals surface area contributed by atoms with Crippen LogP contribution in [0, 0.1) is 0 Å². The Morgan fingerprint density at radius 1 is 1.33 bits per heavy atom. The van der Waals surface area contributed by atoms with E-state index in [2.05, 4.69) is 15.6 Å². The van der Waals surface area contributed by atoms with Crippen LogP contribution in [0.1, 0.15) is 31.4 Å². The molecule has 142 valence electrons. The van der Waals surface area contributed by atoms with Crippen LogP contribution >= 0.6 is 11.3 Å². The molecule has 0 unspecified atom stereocenters. The summed E-state index contributed by atoms with van der Waals surface area (Å²) in [6.07, 6.45) is -4.53. The molecule has 0 atom stereocenters. The molecule has 1 aliphatic heterocycles. The van der Waals surface area contributed by atoms with Crippen molar-refractivity contribution in [1.29, 1.82) is 0 Å². The van der Waals surface area contributed by atoms with E-state index in [1.54, 1.807) is 0 Å². The number of aromatic nitrogens is 1. The predicted octanol–water partition coefficient (Wildman–Crippen LogP) is 2.12. The van der Waals surface area contributed by atoms with E-state index < -0.39 is 29.6 Å². The lowest BCUT2D eigenvalue weighted by molar-refractivity contribution is -0.140. The zero-order chi connectivity index (χ0) is 19.8. The van der Waals surface area contributed by atoms with Crippen molar-refractivity contribution in [3.8, 4) is 0 Å². The normalized spacial score (nSPS) is 14.1. The Kier molecular flexibility index (Phi) is 4.87. The van der Waals surface area contributed by atoms with Crippen LogP contribution in [0.15, 0.2) is 23.6 Å². The summed E-state index contributed by atoms with van der Waals surface area (Å²) in [7, 11) is 1.42. The SMILES string of the molecule is CN(Cc1nc(C(F)(F)F)cs1)C(=O)c1ccc2c(c1)NC(=O)CNC2=O. The van der Waals surface area contributed by atoms with Gasteiger partial charge in [0.2, 0.25) is 5.91 Å². The molecule has 0 aliphatic carbocycles. The largest absolute Gasteiger partial charge is 0.434 e. The van der Waals surface area contributed by atoms with Gasteiger partial charge in [-0.15, -0.1) is 11.3 Å². The van der Waals surface area contributed by atoms with Gasteiger partial charge in [-0.05, 0) is 18.2 Å². The van der Waals surface area contributed by atoms with E-state index in [4.69, 9.17) is 0 Å². The lowest BCUT2D eigenvalue weighted by Crippen LogP contribution is -2.28. The first-order chi connectivity index (χ1) is 12.6. The number of alkyl halides is 3. The van der Waals surface area contributed by atoms with Crippen molar-refractivity contribution < 1.29 is 27.6 Å². The Balaban J connectivity index is 1.78. The molecule has 0 fully saturated rings. The van der Waals surface area contributed by atoms with Crippen LogP contribution in [-0.2, 0) is 17.5 Å². The van der Waals surface area contributed by atoms with Crippen LogP contribution in [0.2, 0.25) is 0 Å². The first-order valence-electron chi connectivity index (χ1n) is 7.64. The topological polar surface area (TPSA) is 91.4 Å². The van der Waals surface area contributed by atoms with Crippen LogP contribution < -0.4 is 10.6 Å². The Morgan fingerprint density at radius 3 is 2.74 bits per heavy atom. The van der Waals surface area contributed by atoms with Crippen molar-refractivity contribution in [2.75, 3.05) is 18.9 Å². The van der Waals surface area contributed by atoms with Crippen molar-refractivity contribution in [1.82, 2.24) is 15.2 Å². The number of hydrogen-bond acceptors (Lipinski definition) is 5. The first-order valence-corrected chi connectivity index (χ1v) is 8.52. The number of amides is 3. The number of halogens is 3. The Bertz CT molecular complexity index is 926. The molecule has 0 saturated carbocycles. The van der Waals surface area contributed by atoms with E-state index in [9.17, 15) is 27.6 Å². The second kappa shape index (κ2) is 6.99. The number of thiazole rings is 1. The fourth-order valence-corrected chi connectivity index (χ4v) is 3.29. The minimum absolute atomic E-state index is 0.108. The molecule has 1 aliphatic rings. The summed E-state index contributed by atoms with van der Waals surface area (Å²) in [5.41, 5.74) is -0.404. The molecular weight excluding hydrogens is 385 g/mol. The number of rotatable bonds is 3. The zero-order valence-corrected chi connectivity index (χ0v) is 14.7. The second-order valence-corrected chi connectivity index (χ2v) is 6.72. The minimum Gasteiger partial charge on any atom is -0.343 e. The zero-order valence-electron chi connectivity index (χ0n) is 13.9. The molecule has 3 amide bonds. The average Bonchev–Trinajstić information content (AvgIpc) is 3.02. The fraction of sp³-hybridized carbons (Fsp3) is 0.250. The van der Waals surface area contributed by atoms with Crippen LogP contribution in [0.4, 0.5) is 18.9 Å². The average molecular weight is 398 g/mol.